The van der Waals surface area contributed by atoms with Gasteiger partial charge in [0.05, 0.1) is 5.92 Å². The van der Waals surface area contributed by atoms with Gasteiger partial charge >= 0.3 is 5.97 Å². The van der Waals surface area contributed by atoms with Crippen molar-refractivity contribution in [2.24, 2.45) is 5.92 Å². The average Bonchev–Trinajstić information content (AvgIpc) is 2.53. The monoisotopic (exact) mass is 346 g/mol. The van der Waals surface area contributed by atoms with Crippen molar-refractivity contribution < 1.29 is 24.1 Å². The van der Waals surface area contributed by atoms with Crippen LogP contribution in [0.4, 0.5) is 0 Å². The lowest BCUT2D eigenvalue weighted by Gasteiger charge is -2.34. The van der Waals surface area contributed by atoms with Crippen molar-refractivity contribution in [1.29, 1.82) is 0 Å². The van der Waals surface area contributed by atoms with Crippen LogP contribution in [0.1, 0.15) is 85.5 Å². The van der Waals surface area contributed by atoms with Crippen LogP contribution in [-0.4, -0.2) is 36.9 Å². The molecule has 0 amide bonds. The molecule has 144 valence electrons. The Balaban J connectivity index is 4.47. The van der Waals surface area contributed by atoms with Crippen molar-refractivity contribution in [3.05, 3.63) is 0 Å². The second kappa shape index (κ2) is 14.7. The highest BCUT2D eigenvalue weighted by molar-refractivity contribution is 5.69. The van der Waals surface area contributed by atoms with Crippen molar-refractivity contribution in [2.75, 3.05) is 19.8 Å². The van der Waals surface area contributed by atoms with Gasteiger partial charge in [0.2, 0.25) is 0 Å². The third-order valence-corrected chi connectivity index (χ3v) is 4.09. The molecule has 0 radical (unpaired) electrons. The fraction of sp³-hybridized carbons (Fsp3) is 0.947. The van der Waals surface area contributed by atoms with E-state index < -0.39 is 17.9 Å². The first kappa shape index (κ1) is 23.4. The van der Waals surface area contributed by atoms with Crippen LogP contribution in [0, 0.1) is 5.92 Å². The summed E-state index contributed by atoms with van der Waals surface area (Å²) in [6.45, 7) is 9.05. The molecule has 5 heteroatoms. The average molecular weight is 347 g/mol. The van der Waals surface area contributed by atoms with E-state index in [1.54, 1.807) is 0 Å². The van der Waals surface area contributed by atoms with Gasteiger partial charge in [-0.3, -0.25) is 4.79 Å². The first-order chi connectivity index (χ1) is 11.5. The van der Waals surface area contributed by atoms with Gasteiger partial charge in [-0.25, -0.2) is 0 Å². The van der Waals surface area contributed by atoms with Gasteiger partial charge in [-0.15, -0.1) is 0 Å². The fourth-order valence-corrected chi connectivity index (χ4v) is 2.92. The molecule has 0 heterocycles. The van der Waals surface area contributed by atoms with Crippen molar-refractivity contribution in [3.8, 4) is 0 Å². The fourth-order valence-electron chi connectivity index (χ4n) is 2.92. The molecule has 0 saturated carbocycles. The Hall–Kier alpha value is -0.650. The highest BCUT2D eigenvalue weighted by Crippen LogP contribution is 2.28. The molecular weight excluding hydrogens is 308 g/mol. The van der Waals surface area contributed by atoms with E-state index in [2.05, 4.69) is 6.92 Å². The molecule has 0 saturated heterocycles. The normalized spacial score (nSPS) is 13.2. The lowest BCUT2D eigenvalue weighted by atomic mass is 9.96. The Kier molecular flexibility index (Phi) is 14.3. The van der Waals surface area contributed by atoms with Crippen LogP contribution < -0.4 is 0 Å². The summed E-state index contributed by atoms with van der Waals surface area (Å²) in [6.07, 6.45) is 9.10. The maximum Gasteiger partial charge on any atom is 0.306 e. The summed E-state index contributed by atoms with van der Waals surface area (Å²) in [4.78, 5) is 11.6. The number of unbranched alkanes of at least 4 members (excludes halogenated alkanes) is 6. The summed E-state index contributed by atoms with van der Waals surface area (Å²) < 4.78 is 17.0. The third-order valence-electron chi connectivity index (χ3n) is 4.09. The standard InChI is InChI=1S/C19H38O5/c1-5-9-10-11-12-13-14-15-17(18(20)21)16-19(22-6-2,23-7-3)24-8-4/h17H,5-16H2,1-4H3,(H,20,21). The van der Waals surface area contributed by atoms with Gasteiger partial charge in [0.1, 0.15) is 0 Å². The topological polar surface area (TPSA) is 65.0 Å². The Morgan fingerprint density at radius 3 is 1.71 bits per heavy atom. The van der Waals surface area contributed by atoms with Gasteiger partial charge < -0.3 is 19.3 Å². The van der Waals surface area contributed by atoms with E-state index in [0.29, 0.717) is 26.2 Å². The number of rotatable bonds is 17. The number of carboxylic acids is 1. The van der Waals surface area contributed by atoms with Gasteiger partial charge in [-0.05, 0) is 27.2 Å². The van der Waals surface area contributed by atoms with Crippen molar-refractivity contribution in [1.82, 2.24) is 0 Å². The van der Waals surface area contributed by atoms with E-state index in [4.69, 9.17) is 14.2 Å². The van der Waals surface area contributed by atoms with Crippen molar-refractivity contribution in [2.45, 2.75) is 91.5 Å². The zero-order valence-electron chi connectivity index (χ0n) is 16.1. The highest BCUT2D eigenvalue weighted by Gasteiger charge is 2.38. The van der Waals surface area contributed by atoms with E-state index in [1.807, 2.05) is 20.8 Å². The first-order valence-electron chi connectivity index (χ1n) is 9.69. The molecule has 1 atom stereocenters. The van der Waals surface area contributed by atoms with Gasteiger partial charge in [-0.1, -0.05) is 51.9 Å². The van der Waals surface area contributed by atoms with Gasteiger partial charge in [0.15, 0.2) is 0 Å². The molecule has 1 unspecified atom stereocenters. The summed E-state index contributed by atoms with van der Waals surface area (Å²) in [5, 5.41) is 9.55. The molecular formula is C19H38O5. The minimum atomic E-state index is -1.23. The maximum atomic E-state index is 11.6. The zero-order chi connectivity index (χ0) is 18.3. The molecule has 0 rings (SSSR count). The second-order valence-corrected chi connectivity index (χ2v) is 6.13. The number of ether oxygens (including phenoxy) is 3. The summed E-state index contributed by atoms with van der Waals surface area (Å²) in [6, 6.07) is 0. The van der Waals surface area contributed by atoms with Crippen molar-refractivity contribution in [3.63, 3.8) is 0 Å². The van der Waals surface area contributed by atoms with Crippen LogP contribution in [-0.2, 0) is 19.0 Å². The molecule has 0 fully saturated rings. The van der Waals surface area contributed by atoms with Crippen LogP contribution in [0.2, 0.25) is 0 Å². The Morgan fingerprint density at radius 2 is 1.29 bits per heavy atom. The molecule has 0 aromatic rings. The van der Waals surface area contributed by atoms with Crippen LogP contribution in [0.15, 0.2) is 0 Å². The van der Waals surface area contributed by atoms with Crippen molar-refractivity contribution >= 4 is 5.97 Å². The molecule has 0 spiro atoms. The predicted molar refractivity (Wildman–Crippen MR) is 96.0 cm³/mol. The SMILES string of the molecule is CCCCCCCCCC(CC(OCC)(OCC)OCC)C(=O)O. The molecule has 0 aliphatic heterocycles. The number of carbonyl (C=O) groups is 1. The first-order valence-corrected chi connectivity index (χ1v) is 9.69. The Labute approximate surface area is 148 Å². The maximum absolute atomic E-state index is 11.6. The summed E-state index contributed by atoms with van der Waals surface area (Å²) >= 11 is 0. The number of hydrogen-bond donors (Lipinski definition) is 1. The number of hydrogen-bond acceptors (Lipinski definition) is 4. The molecule has 5 nitrogen and oxygen atoms in total. The quantitative estimate of drug-likeness (QED) is 0.297. The summed E-state index contributed by atoms with van der Waals surface area (Å²) in [5.41, 5.74) is 0. The lowest BCUT2D eigenvalue weighted by molar-refractivity contribution is -0.383. The second-order valence-electron chi connectivity index (χ2n) is 6.13. The summed E-state index contributed by atoms with van der Waals surface area (Å²) in [5.74, 6) is -2.54. The van der Waals surface area contributed by atoms with Gasteiger partial charge in [0, 0.05) is 26.2 Å². The largest absolute Gasteiger partial charge is 0.481 e. The number of carboxylic acid groups (broad SMARTS) is 1. The minimum Gasteiger partial charge on any atom is -0.481 e. The molecule has 0 bridgehead atoms. The van der Waals surface area contributed by atoms with Crippen LogP contribution >= 0.6 is 0 Å². The van der Waals surface area contributed by atoms with Gasteiger partial charge in [-0.2, -0.15) is 0 Å². The zero-order valence-corrected chi connectivity index (χ0v) is 16.1. The molecule has 0 aliphatic rings. The predicted octanol–water partition coefficient (Wildman–Crippen LogP) is 4.98. The Bertz CT molecular complexity index is 289. The molecule has 0 aromatic carbocycles. The van der Waals surface area contributed by atoms with E-state index in [0.717, 1.165) is 12.8 Å². The van der Waals surface area contributed by atoms with Gasteiger partial charge in [0.25, 0.3) is 5.97 Å². The molecule has 0 aliphatic carbocycles. The summed E-state index contributed by atoms with van der Waals surface area (Å²) in [7, 11) is 0. The minimum absolute atomic E-state index is 0.230. The van der Waals surface area contributed by atoms with E-state index in [-0.39, 0.29) is 6.42 Å². The van der Waals surface area contributed by atoms with Crippen LogP contribution in [0.3, 0.4) is 0 Å². The smallest absolute Gasteiger partial charge is 0.306 e. The molecule has 24 heavy (non-hydrogen) atoms. The van der Waals surface area contributed by atoms with Crippen LogP contribution in [0.5, 0.6) is 0 Å². The number of aliphatic carboxylic acids is 1. The third kappa shape index (κ3) is 10.3. The van der Waals surface area contributed by atoms with Crippen LogP contribution in [0.25, 0.3) is 0 Å². The molecule has 1 N–H and O–H groups in total. The van der Waals surface area contributed by atoms with E-state index in [1.165, 1.54) is 32.1 Å². The van der Waals surface area contributed by atoms with E-state index in [9.17, 15) is 9.90 Å². The van der Waals surface area contributed by atoms with E-state index >= 15 is 0 Å². The Morgan fingerprint density at radius 1 is 0.833 bits per heavy atom. The highest BCUT2D eigenvalue weighted by atomic mass is 16.9. The molecule has 0 aromatic heterocycles. The lowest BCUT2D eigenvalue weighted by Crippen LogP contribution is -2.42.